The molecule has 106 valence electrons. The fraction of sp³-hybridized carbons (Fsp3) is 0.417. The van der Waals surface area contributed by atoms with Crippen molar-refractivity contribution in [2.75, 3.05) is 7.11 Å². The van der Waals surface area contributed by atoms with E-state index in [2.05, 4.69) is 25.4 Å². The lowest BCUT2D eigenvalue weighted by atomic mass is 10.1. The van der Waals surface area contributed by atoms with Crippen molar-refractivity contribution in [3.63, 3.8) is 0 Å². The Labute approximate surface area is 121 Å². The Morgan fingerprint density at radius 3 is 2.26 bits per heavy atom. The summed E-state index contributed by atoms with van der Waals surface area (Å²) in [6.45, 7) is 2.90. The van der Waals surface area contributed by atoms with Crippen molar-refractivity contribution in [1.29, 1.82) is 0 Å². The predicted molar refractivity (Wildman–Crippen MR) is 75.5 cm³/mol. The summed E-state index contributed by atoms with van der Waals surface area (Å²) in [5.41, 5.74) is -0.354. The number of sulfonamides is 1. The lowest BCUT2D eigenvalue weighted by molar-refractivity contribution is -0.146. The first-order valence-corrected chi connectivity index (χ1v) is 8.10. The molecule has 5 nitrogen and oxygen atoms in total. The van der Waals surface area contributed by atoms with E-state index >= 15 is 0 Å². The third-order valence-corrected chi connectivity index (χ3v) is 4.79. The van der Waals surface area contributed by atoms with Gasteiger partial charge in [0.1, 0.15) is 5.54 Å². The zero-order valence-electron chi connectivity index (χ0n) is 10.9. The maximum Gasteiger partial charge on any atom is 0.326 e. The first kappa shape index (κ1) is 16.1. The molecule has 19 heavy (non-hydrogen) atoms. The highest BCUT2D eigenvalue weighted by atomic mass is 79.9. The normalized spacial score (nSPS) is 12.2. The molecule has 0 unspecified atom stereocenters. The highest BCUT2D eigenvalue weighted by Gasteiger charge is 2.34. The van der Waals surface area contributed by atoms with Gasteiger partial charge in [-0.25, -0.2) is 8.42 Å². The number of carbonyl (C=O) groups is 1. The molecular formula is C12H16BrNO4S. The van der Waals surface area contributed by atoms with Crippen molar-refractivity contribution >= 4 is 31.9 Å². The first-order valence-electron chi connectivity index (χ1n) is 5.50. The van der Waals surface area contributed by atoms with Crippen molar-refractivity contribution in [2.45, 2.75) is 29.6 Å². The van der Waals surface area contributed by atoms with Crippen LogP contribution in [-0.4, -0.2) is 27.0 Å². The van der Waals surface area contributed by atoms with E-state index in [-0.39, 0.29) is 4.90 Å². The Hall–Kier alpha value is -0.920. The number of hydrogen-bond acceptors (Lipinski definition) is 4. The third-order valence-electron chi connectivity index (χ3n) is 2.47. The van der Waals surface area contributed by atoms with Gasteiger partial charge in [-0.1, -0.05) is 28.1 Å². The summed E-state index contributed by atoms with van der Waals surface area (Å²) < 4.78 is 31.2. The molecule has 0 aliphatic rings. The van der Waals surface area contributed by atoms with Crippen molar-refractivity contribution in [3.05, 3.63) is 29.8 Å². The number of halogens is 1. The summed E-state index contributed by atoms with van der Waals surface area (Å²) in [6, 6.07) is 6.39. The van der Waals surface area contributed by atoms with Crippen LogP contribution in [0.15, 0.2) is 29.2 Å². The van der Waals surface area contributed by atoms with Crippen LogP contribution in [-0.2, 0) is 24.9 Å². The van der Waals surface area contributed by atoms with Gasteiger partial charge in [0.05, 0.1) is 12.0 Å². The minimum atomic E-state index is -3.76. The smallest absolute Gasteiger partial charge is 0.326 e. The molecule has 0 bridgehead atoms. The van der Waals surface area contributed by atoms with Crippen LogP contribution < -0.4 is 4.72 Å². The van der Waals surface area contributed by atoms with Crippen LogP contribution in [0.5, 0.6) is 0 Å². The molecule has 7 heteroatoms. The molecular weight excluding hydrogens is 334 g/mol. The monoisotopic (exact) mass is 349 g/mol. The molecule has 0 heterocycles. The van der Waals surface area contributed by atoms with Crippen LogP contribution in [0.3, 0.4) is 0 Å². The second kappa shape index (κ2) is 6.02. The van der Waals surface area contributed by atoms with E-state index < -0.39 is 21.5 Å². The van der Waals surface area contributed by atoms with Gasteiger partial charge >= 0.3 is 5.97 Å². The van der Waals surface area contributed by atoms with Gasteiger partial charge in [0, 0.05) is 5.33 Å². The molecule has 0 spiro atoms. The molecule has 1 aromatic carbocycles. The quantitative estimate of drug-likeness (QED) is 0.649. The van der Waals surface area contributed by atoms with Gasteiger partial charge in [-0.3, -0.25) is 4.79 Å². The molecule has 0 aromatic heterocycles. The molecule has 0 amide bonds. The summed E-state index contributed by atoms with van der Waals surface area (Å²) in [5, 5.41) is 0.647. The van der Waals surface area contributed by atoms with Crippen LogP contribution in [0.2, 0.25) is 0 Å². The number of methoxy groups -OCH3 is 1. The third kappa shape index (κ3) is 4.02. The lowest BCUT2D eigenvalue weighted by Crippen LogP contribution is -2.50. The first-order chi connectivity index (χ1) is 8.73. The molecule has 1 aromatic rings. The van der Waals surface area contributed by atoms with E-state index in [1.54, 1.807) is 12.1 Å². The van der Waals surface area contributed by atoms with Crippen LogP contribution in [0, 0.1) is 0 Å². The van der Waals surface area contributed by atoms with Gasteiger partial charge in [-0.15, -0.1) is 0 Å². The molecule has 0 fully saturated rings. The maximum atomic E-state index is 12.1. The van der Waals surface area contributed by atoms with Crippen LogP contribution in [0.4, 0.5) is 0 Å². The number of rotatable bonds is 5. The second-order valence-corrected chi connectivity index (χ2v) is 6.74. The molecule has 0 aliphatic carbocycles. The lowest BCUT2D eigenvalue weighted by Gasteiger charge is -2.22. The highest BCUT2D eigenvalue weighted by Crippen LogP contribution is 2.16. The Bertz CT molecular complexity index is 552. The topological polar surface area (TPSA) is 72.5 Å². The summed E-state index contributed by atoms with van der Waals surface area (Å²) in [7, 11) is -2.55. The SMILES string of the molecule is COC(=O)C(C)(C)NS(=O)(=O)c1ccc(CBr)cc1. The van der Waals surface area contributed by atoms with Gasteiger partial charge in [0.15, 0.2) is 0 Å². The van der Waals surface area contributed by atoms with Gasteiger partial charge in [-0.05, 0) is 31.5 Å². The average molecular weight is 350 g/mol. The highest BCUT2D eigenvalue weighted by molar-refractivity contribution is 9.08. The molecule has 0 aliphatic heterocycles. The molecule has 0 radical (unpaired) electrons. The molecule has 1 N–H and O–H groups in total. The molecule has 1 rings (SSSR count). The Balaban J connectivity index is 3.01. The predicted octanol–water partition coefficient (Wildman–Crippen LogP) is 1.81. The minimum Gasteiger partial charge on any atom is -0.468 e. The molecule has 0 atom stereocenters. The van der Waals surface area contributed by atoms with Gasteiger partial charge in [0.25, 0.3) is 0 Å². The van der Waals surface area contributed by atoms with E-state index in [1.807, 2.05) is 0 Å². The standard InChI is InChI=1S/C12H16BrNO4S/c1-12(2,11(15)18-3)14-19(16,17)10-6-4-9(8-13)5-7-10/h4-7,14H,8H2,1-3H3. The van der Waals surface area contributed by atoms with E-state index in [1.165, 1.54) is 33.1 Å². The van der Waals surface area contributed by atoms with Gasteiger partial charge in [-0.2, -0.15) is 4.72 Å². The summed E-state index contributed by atoms with van der Waals surface area (Å²) in [4.78, 5) is 11.6. The summed E-state index contributed by atoms with van der Waals surface area (Å²) in [5.74, 6) is -0.645. The number of nitrogens with one attached hydrogen (secondary N) is 1. The van der Waals surface area contributed by atoms with Gasteiger partial charge in [0.2, 0.25) is 10.0 Å². The number of alkyl halides is 1. The van der Waals surface area contributed by atoms with Crippen molar-refractivity contribution in [1.82, 2.24) is 4.72 Å². The molecule has 0 saturated heterocycles. The van der Waals surface area contributed by atoms with E-state index in [4.69, 9.17) is 0 Å². The Morgan fingerprint density at radius 1 is 1.32 bits per heavy atom. The molecule has 0 saturated carbocycles. The number of benzene rings is 1. The maximum absolute atomic E-state index is 12.1. The Morgan fingerprint density at radius 2 is 1.84 bits per heavy atom. The minimum absolute atomic E-state index is 0.106. The van der Waals surface area contributed by atoms with Gasteiger partial charge < -0.3 is 4.74 Å². The Kier molecular flexibility index (Phi) is 5.11. The fourth-order valence-electron chi connectivity index (χ4n) is 1.45. The van der Waals surface area contributed by atoms with Crippen molar-refractivity contribution in [2.24, 2.45) is 0 Å². The van der Waals surface area contributed by atoms with Crippen LogP contribution in [0.25, 0.3) is 0 Å². The zero-order valence-corrected chi connectivity index (χ0v) is 13.3. The van der Waals surface area contributed by atoms with E-state index in [9.17, 15) is 13.2 Å². The number of esters is 1. The van der Waals surface area contributed by atoms with Crippen LogP contribution >= 0.6 is 15.9 Å². The largest absolute Gasteiger partial charge is 0.468 e. The number of hydrogen-bond donors (Lipinski definition) is 1. The van der Waals surface area contributed by atoms with E-state index in [0.717, 1.165) is 5.56 Å². The second-order valence-electron chi connectivity index (χ2n) is 4.50. The van der Waals surface area contributed by atoms with Crippen molar-refractivity contribution < 1.29 is 17.9 Å². The van der Waals surface area contributed by atoms with E-state index in [0.29, 0.717) is 5.33 Å². The number of carbonyl (C=O) groups excluding carboxylic acids is 1. The van der Waals surface area contributed by atoms with Crippen molar-refractivity contribution in [3.8, 4) is 0 Å². The summed E-state index contributed by atoms with van der Waals surface area (Å²) in [6.07, 6.45) is 0. The van der Waals surface area contributed by atoms with Crippen LogP contribution in [0.1, 0.15) is 19.4 Å². The zero-order chi connectivity index (χ0) is 14.7. The number of ether oxygens (including phenoxy) is 1. The fourth-order valence-corrected chi connectivity index (χ4v) is 3.19. The summed E-state index contributed by atoms with van der Waals surface area (Å²) >= 11 is 3.28. The average Bonchev–Trinajstić information content (AvgIpc) is 2.36.